The highest BCUT2D eigenvalue weighted by molar-refractivity contribution is 7.90. The van der Waals surface area contributed by atoms with Gasteiger partial charge in [-0.15, -0.1) is 22.7 Å². The van der Waals surface area contributed by atoms with Crippen molar-refractivity contribution in [2.45, 2.75) is 172 Å². The van der Waals surface area contributed by atoms with Crippen LogP contribution in [0.2, 0.25) is 0 Å². The van der Waals surface area contributed by atoms with Crippen molar-refractivity contribution in [1.29, 1.82) is 0 Å². The zero-order valence-electron chi connectivity index (χ0n) is 81.7. The Hall–Kier alpha value is -11.7. The number of fused-ring (bicyclic) bond motifs is 5. The summed E-state index contributed by atoms with van der Waals surface area (Å²) in [4.78, 5) is 44.7. The molecule has 10 aromatic heterocycles. The lowest BCUT2D eigenvalue weighted by atomic mass is 10.00. The van der Waals surface area contributed by atoms with Gasteiger partial charge >= 0.3 is 0 Å². The normalized spacial score (nSPS) is 17.3. The molecule has 0 unspecified atom stereocenters. The fraction of sp³-hybridized carbons (Fsp3) is 0.377. The molecule has 15 aromatic rings. The SMILES string of the molecule is CCCS(=O)(=O)N1CCC(Nc2cc(-c3ccc(C)nc3)cc3ccncc23)CC1.Cc1cccc(-c2cc(NC3CCN(S(=O)(=O)C4CC4)CC3)c3cnccc3c2)n1.Cc1csc(-c2cc(NC3CCN(S(C)(=O)=O)CC3)c3cnccc3c2)n1.Cc1ncc(-c2cc(NC3CCN(S(C)(=O)=O)CC3)c3cnccc3c2)s1.O=S(=O)(C1CC1)N1CCC(Nc2cc(-c3cccc(F)n3)cc3ccncc23)CC1. The average Bonchev–Trinajstić information content (AvgIpc) is 1.57. The summed E-state index contributed by atoms with van der Waals surface area (Å²) in [7, 11) is -15.5. The van der Waals surface area contributed by atoms with E-state index in [9.17, 15) is 46.5 Å². The Labute approximate surface area is 850 Å². The lowest BCUT2D eigenvalue weighted by Crippen LogP contribution is -2.43. The number of aryl methyl sites for hydroxylation is 4. The number of pyridine rings is 8. The molecule has 5 saturated heterocycles. The fourth-order valence-corrected chi connectivity index (χ4v) is 27.9. The summed E-state index contributed by atoms with van der Waals surface area (Å²) in [6, 6.07) is 47.2. The number of nitrogens with zero attached hydrogens (tertiary/aromatic N) is 15. The van der Waals surface area contributed by atoms with Crippen LogP contribution in [-0.4, -0.2) is 238 Å². The largest absolute Gasteiger partial charge is 0.382 e. The first kappa shape index (κ1) is 102. The van der Waals surface area contributed by atoms with Gasteiger partial charge in [0.2, 0.25) is 56.1 Å². The van der Waals surface area contributed by atoms with Crippen molar-refractivity contribution in [1.82, 2.24) is 71.4 Å². The molecular formula is C106H121FN20O10S7. The van der Waals surface area contributed by atoms with E-state index in [0.29, 0.717) is 77.6 Å². The molecule has 7 fully saturated rings. The predicted octanol–water partition coefficient (Wildman–Crippen LogP) is 19.0. The Bertz CT molecular complexity index is 7380. The van der Waals surface area contributed by atoms with E-state index >= 15 is 0 Å². The maximum Gasteiger partial charge on any atom is 0.216 e. The minimum atomic E-state index is -3.12. The van der Waals surface area contributed by atoms with Crippen molar-refractivity contribution in [2.24, 2.45) is 0 Å². The number of anilines is 5. The summed E-state index contributed by atoms with van der Waals surface area (Å²) in [6.07, 6.45) is 36.4. The average molecular weight is 2080 g/mol. The molecule has 2 saturated carbocycles. The second-order valence-electron chi connectivity index (χ2n) is 38.3. The third kappa shape index (κ3) is 25.3. The molecular weight excluding hydrogens is 1960 g/mol. The van der Waals surface area contributed by atoms with Gasteiger partial charge in [0.25, 0.3) is 0 Å². The van der Waals surface area contributed by atoms with Gasteiger partial charge in [-0.05, 0) is 283 Å². The van der Waals surface area contributed by atoms with Crippen molar-refractivity contribution in [3.8, 4) is 54.7 Å². The molecule has 22 rings (SSSR count). The van der Waals surface area contributed by atoms with Crippen LogP contribution in [0.25, 0.3) is 109 Å². The third-order valence-corrected chi connectivity index (χ3v) is 38.9. The highest BCUT2D eigenvalue weighted by atomic mass is 32.2. The van der Waals surface area contributed by atoms with Crippen LogP contribution in [0, 0.1) is 33.6 Å². The Morgan fingerprint density at radius 1 is 0.347 bits per heavy atom. The minimum Gasteiger partial charge on any atom is -0.382 e. The minimum absolute atomic E-state index is 0.129. The number of thiazole rings is 2. The number of piperidine rings is 5. The van der Waals surface area contributed by atoms with Crippen molar-refractivity contribution in [3.05, 3.63) is 247 Å². The van der Waals surface area contributed by atoms with Gasteiger partial charge in [0.1, 0.15) is 5.01 Å². The number of aromatic nitrogens is 10. The Balaban J connectivity index is 0.000000119. The number of rotatable bonds is 24. The molecule has 0 atom stereocenters. The van der Waals surface area contributed by atoms with E-state index in [1.807, 2.05) is 145 Å². The zero-order chi connectivity index (χ0) is 101. The maximum absolute atomic E-state index is 13.6. The Morgan fingerprint density at radius 3 is 1.06 bits per heavy atom. The van der Waals surface area contributed by atoms with Crippen LogP contribution < -0.4 is 26.6 Å². The summed E-state index contributed by atoms with van der Waals surface area (Å²) in [5, 5.41) is 32.7. The van der Waals surface area contributed by atoms with E-state index < -0.39 is 56.1 Å². The predicted molar refractivity (Wildman–Crippen MR) is 578 cm³/mol. The van der Waals surface area contributed by atoms with E-state index in [1.165, 1.54) is 18.6 Å². The number of halogens is 1. The molecule has 0 bridgehead atoms. The van der Waals surface area contributed by atoms with Gasteiger partial charge in [0.05, 0.1) is 50.0 Å². The molecule has 144 heavy (non-hydrogen) atoms. The van der Waals surface area contributed by atoms with Gasteiger partial charge in [-0.25, -0.2) is 78.6 Å². The standard InChI is InChI=1S/C23H26N4O2S.C23H28N4O2S.C22H23FN4O2S.2C19H22N4O2S2/c1-16-3-2-4-22(25-16)18-13-17-7-10-24-15-21(17)23(14-18)26-19-8-11-27(12-9-19)30(28,29)20-5-6-20;1-3-12-30(28,29)27-10-7-21(8-11-27)26-23-14-20(19-5-4-17(2)25-15-19)13-18-6-9-24-16-22(18)23;23-22-3-1-2-20(26-22)16-12-15-6-9-24-14-19(15)21(13-16)25-17-7-10-27(11-8-17)30(28,29)18-4-5-18;1-13-21-12-19(26-13)15-9-14-3-6-20-11-17(14)18(10-15)22-16-4-7-23(8-5-16)27(2,24)25;1-13-12-26-19(21-13)15-9-14-3-6-20-11-17(14)18(10-15)22-16-4-7-23(8-5-16)27(2,24)25/h2-4,7,10,13-15,19-20,26H,5-6,8-9,11-12H2,1H3;4-6,9,13-16,21,26H,3,7-8,10-12H2,1-2H3;1-3,6,9,12-14,17-18,25H,4-5,7-8,10-11H2;2*3,6,9-12,16,22H,4-5,7-8H2,1-2H3. The molecule has 5 aromatic carbocycles. The van der Waals surface area contributed by atoms with Gasteiger partial charge in [0.15, 0.2) is 0 Å². The number of hydrogen-bond donors (Lipinski definition) is 5. The molecule has 0 radical (unpaired) electrons. The highest BCUT2D eigenvalue weighted by Crippen LogP contribution is 2.42. The van der Waals surface area contributed by atoms with Crippen molar-refractivity contribution >= 4 is 155 Å². The van der Waals surface area contributed by atoms with Crippen LogP contribution in [0.5, 0.6) is 0 Å². The summed E-state index contributed by atoms with van der Waals surface area (Å²) in [5.41, 5.74) is 15.8. The summed E-state index contributed by atoms with van der Waals surface area (Å²) in [6.45, 7) is 15.5. The number of hydrogen-bond acceptors (Lipinski definition) is 27. The zero-order valence-corrected chi connectivity index (χ0v) is 87.5. The lowest BCUT2D eigenvalue weighted by molar-refractivity contribution is 0.329. The van der Waals surface area contributed by atoms with Crippen LogP contribution in [0.3, 0.4) is 0 Å². The number of nitrogens with one attached hydrogen (secondary N) is 5. The Morgan fingerprint density at radius 2 is 0.708 bits per heavy atom. The smallest absolute Gasteiger partial charge is 0.216 e. The molecule has 0 amide bonds. The van der Waals surface area contributed by atoms with Crippen LogP contribution in [0.1, 0.15) is 125 Å². The van der Waals surface area contributed by atoms with Gasteiger partial charge in [-0.2, -0.15) is 4.39 Å². The van der Waals surface area contributed by atoms with Gasteiger partial charge in [-0.1, -0.05) is 25.1 Å². The van der Waals surface area contributed by atoms with E-state index in [0.717, 1.165) is 243 Å². The molecule has 30 nitrogen and oxygen atoms in total. The highest BCUT2D eigenvalue weighted by Gasteiger charge is 2.43. The number of sulfonamides is 5. The monoisotopic (exact) mass is 2080 g/mol. The van der Waals surface area contributed by atoms with Gasteiger partial charge in [0, 0.05) is 270 Å². The maximum atomic E-state index is 13.6. The van der Waals surface area contributed by atoms with Crippen molar-refractivity contribution in [2.75, 3.05) is 110 Å². The second-order valence-corrected chi connectivity index (χ2v) is 50.8. The lowest BCUT2D eigenvalue weighted by Gasteiger charge is -2.32. The summed E-state index contributed by atoms with van der Waals surface area (Å²) < 4.78 is 143. The van der Waals surface area contributed by atoms with Gasteiger partial charge in [-0.3, -0.25) is 34.9 Å². The molecule has 5 N–H and O–H groups in total. The van der Waals surface area contributed by atoms with Crippen LogP contribution >= 0.6 is 22.7 Å². The molecule has 15 heterocycles. The number of benzene rings is 5. The Kier molecular flexibility index (Phi) is 31.8. The quantitative estimate of drug-likeness (QED) is 0.0351. The molecule has 38 heteroatoms. The van der Waals surface area contributed by atoms with Crippen molar-refractivity contribution in [3.63, 3.8) is 0 Å². The molecule has 754 valence electrons. The fourth-order valence-electron chi connectivity index (χ4n) is 19.3. The molecule has 0 spiro atoms. The molecule has 5 aliphatic heterocycles. The van der Waals surface area contributed by atoms with Gasteiger partial charge < -0.3 is 26.6 Å². The van der Waals surface area contributed by atoms with Crippen LogP contribution in [-0.2, 0) is 50.1 Å². The van der Waals surface area contributed by atoms with E-state index in [2.05, 4.69) is 136 Å². The topological polar surface area (TPSA) is 376 Å². The molecule has 7 aliphatic rings. The van der Waals surface area contributed by atoms with Crippen LogP contribution in [0.15, 0.2) is 219 Å². The first-order chi connectivity index (χ1) is 69.3. The summed E-state index contributed by atoms with van der Waals surface area (Å²) in [5.74, 6) is -0.283. The third-order valence-electron chi connectivity index (χ3n) is 27.5. The second kappa shape index (κ2) is 44.7. The van der Waals surface area contributed by atoms with E-state index in [4.69, 9.17) is 0 Å². The van der Waals surface area contributed by atoms with E-state index in [1.54, 1.807) is 87.3 Å². The first-order valence-corrected chi connectivity index (χ1v) is 59.2. The van der Waals surface area contributed by atoms with Crippen molar-refractivity contribution < 1.29 is 46.5 Å². The van der Waals surface area contributed by atoms with E-state index in [-0.39, 0.29) is 46.5 Å². The van der Waals surface area contributed by atoms with Crippen LogP contribution in [0.4, 0.5) is 32.8 Å². The first-order valence-electron chi connectivity index (χ1n) is 49.2. The summed E-state index contributed by atoms with van der Waals surface area (Å²) >= 11 is 3.32. The molecule has 2 aliphatic carbocycles.